The standard InChI is InChI=1S/C17H19N2O5P/c1-11(20)13-10-19(16(22)18-14(13)21)15-17(2,23)8-9-25(15,24)12-6-4-3-5-7-12/h3-7,10,15,23H,8-9H2,1-2H3,(H,18,21,22)/t15-,17-,25+/m1/s1. The number of aromatic nitrogens is 2. The molecule has 0 spiro atoms. The van der Waals surface area contributed by atoms with Gasteiger partial charge in [0.25, 0.3) is 5.56 Å². The molecule has 1 saturated heterocycles. The number of hydrogen-bond donors (Lipinski definition) is 2. The van der Waals surface area contributed by atoms with E-state index in [2.05, 4.69) is 4.98 Å². The Morgan fingerprint density at radius 2 is 1.96 bits per heavy atom. The van der Waals surface area contributed by atoms with Gasteiger partial charge in [0.2, 0.25) is 0 Å². The SMILES string of the molecule is CC(=O)c1cn([C@H]2[C@](C)(O)CC[P@]2(=O)c2ccccc2)c(=O)[nH]c1=O. The van der Waals surface area contributed by atoms with E-state index in [1.54, 1.807) is 30.3 Å². The molecule has 25 heavy (non-hydrogen) atoms. The van der Waals surface area contributed by atoms with Crippen LogP contribution >= 0.6 is 7.14 Å². The minimum absolute atomic E-state index is 0.207. The zero-order valence-corrected chi connectivity index (χ0v) is 14.8. The third-order valence-electron chi connectivity index (χ3n) is 4.71. The van der Waals surface area contributed by atoms with Crippen LogP contribution in [0.4, 0.5) is 0 Å². The summed E-state index contributed by atoms with van der Waals surface area (Å²) in [6.07, 6.45) is 1.59. The summed E-state index contributed by atoms with van der Waals surface area (Å²) in [5.41, 5.74) is -3.21. The van der Waals surface area contributed by atoms with Crippen LogP contribution in [0.25, 0.3) is 0 Å². The number of rotatable bonds is 3. The van der Waals surface area contributed by atoms with E-state index < -0.39 is 35.6 Å². The Kier molecular flexibility index (Phi) is 4.17. The summed E-state index contributed by atoms with van der Waals surface area (Å²) >= 11 is 0. The largest absolute Gasteiger partial charge is 0.387 e. The van der Waals surface area contributed by atoms with E-state index in [0.29, 0.717) is 5.30 Å². The Morgan fingerprint density at radius 3 is 2.56 bits per heavy atom. The second kappa shape index (κ2) is 5.93. The van der Waals surface area contributed by atoms with E-state index in [0.717, 1.165) is 10.8 Å². The van der Waals surface area contributed by atoms with Crippen LogP contribution in [0.3, 0.4) is 0 Å². The fraction of sp³-hybridized carbons (Fsp3) is 0.353. The maximum Gasteiger partial charge on any atom is 0.329 e. The number of aliphatic hydroxyl groups is 1. The number of Topliss-reactive ketones (excluding diaryl/α,β-unsaturated/α-hetero) is 1. The highest BCUT2D eigenvalue weighted by atomic mass is 31.2. The van der Waals surface area contributed by atoms with Gasteiger partial charge >= 0.3 is 5.69 Å². The average Bonchev–Trinajstić information content (AvgIpc) is 2.80. The fourth-order valence-corrected chi connectivity index (χ4v) is 7.31. The van der Waals surface area contributed by atoms with Gasteiger partial charge < -0.3 is 9.67 Å². The Balaban J connectivity index is 2.28. The van der Waals surface area contributed by atoms with Crippen molar-refractivity contribution in [2.45, 2.75) is 31.7 Å². The minimum atomic E-state index is -3.19. The van der Waals surface area contributed by atoms with Crippen LogP contribution in [0.15, 0.2) is 46.1 Å². The summed E-state index contributed by atoms with van der Waals surface area (Å²) in [6.45, 7) is 2.73. The zero-order valence-electron chi connectivity index (χ0n) is 13.9. The first-order valence-corrected chi connectivity index (χ1v) is 9.86. The van der Waals surface area contributed by atoms with Gasteiger partial charge in [0.15, 0.2) is 5.78 Å². The monoisotopic (exact) mass is 362 g/mol. The molecule has 2 aromatic rings. The van der Waals surface area contributed by atoms with Crippen molar-refractivity contribution in [3.8, 4) is 0 Å². The molecular weight excluding hydrogens is 343 g/mol. The number of hydrogen-bond acceptors (Lipinski definition) is 5. The smallest absolute Gasteiger partial charge is 0.329 e. The first-order chi connectivity index (χ1) is 11.7. The first-order valence-electron chi connectivity index (χ1n) is 7.90. The van der Waals surface area contributed by atoms with Crippen LogP contribution in [0.2, 0.25) is 0 Å². The lowest BCUT2D eigenvalue weighted by Gasteiger charge is -2.31. The molecule has 0 radical (unpaired) electrons. The van der Waals surface area contributed by atoms with E-state index in [1.165, 1.54) is 13.8 Å². The van der Waals surface area contributed by atoms with Gasteiger partial charge in [-0.05, 0) is 20.3 Å². The van der Waals surface area contributed by atoms with Crippen molar-refractivity contribution in [1.82, 2.24) is 9.55 Å². The number of ketones is 1. The molecule has 132 valence electrons. The third kappa shape index (κ3) is 2.83. The fourth-order valence-electron chi connectivity index (χ4n) is 3.46. The predicted octanol–water partition coefficient (Wildman–Crippen LogP) is 1.08. The molecule has 3 atom stereocenters. The Morgan fingerprint density at radius 1 is 1.32 bits per heavy atom. The number of nitrogens with one attached hydrogen (secondary N) is 1. The van der Waals surface area contributed by atoms with Crippen LogP contribution < -0.4 is 16.6 Å². The molecule has 1 aliphatic heterocycles. The first kappa shape index (κ1) is 17.6. The summed E-state index contributed by atoms with van der Waals surface area (Å²) in [4.78, 5) is 38.0. The van der Waals surface area contributed by atoms with Gasteiger partial charge in [-0.15, -0.1) is 0 Å². The van der Waals surface area contributed by atoms with Crippen molar-refractivity contribution in [3.05, 3.63) is 62.9 Å². The number of benzene rings is 1. The van der Waals surface area contributed by atoms with E-state index in [9.17, 15) is 24.1 Å². The van der Waals surface area contributed by atoms with Crippen LogP contribution in [-0.4, -0.2) is 32.2 Å². The molecule has 1 aromatic carbocycles. The van der Waals surface area contributed by atoms with Gasteiger partial charge in [-0.2, -0.15) is 0 Å². The van der Waals surface area contributed by atoms with Crippen LogP contribution in [0.5, 0.6) is 0 Å². The lowest BCUT2D eigenvalue weighted by atomic mass is 10.0. The number of carbonyl (C=O) groups excluding carboxylic acids is 1. The van der Waals surface area contributed by atoms with E-state index >= 15 is 0 Å². The van der Waals surface area contributed by atoms with Crippen molar-refractivity contribution < 1.29 is 14.5 Å². The summed E-state index contributed by atoms with van der Waals surface area (Å²) < 4.78 is 14.8. The molecular formula is C17H19N2O5P. The number of carbonyl (C=O) groups is 1. The van der Waals surface area contributed by atoms with Crippen LogP contribution in [-0.2, 0) is 4.57 Å². The molecule has 2 heterocycles. The zero-order chi connectivity index (χ0) is 18.4. The lowest BCUT2D eigenvalue weighted by molar-refractivity contribution is 0.0397. The topological polar surface area (TPSA) is 109 Å². The summed E-state index contributed by atoms with van der Waals surface area (Å²) in [6, 6.07) is 8.69. The maximum absolute atomic E-state index is 13.8. The molecule has 7 nitrogen and oxygen atoms in total. The quantitative estimate of drug-likeness (QED) is 0.627. The van der Waals surface area contributed by atoms with Crippen LogP contribution in [0, 0.1) is 0 Å². The number of aromatic amines is 1. The van der Waals surface area contributed by atoms with Crippen molar-refractivity contribution >= 4 is 18.2 Å². The average molecular weight is 362 g/mol. The second-order valence-corrected chi connectivity index (χ2v) is 9.65. The van der Waals surface area contributed by atoms with Crippen molar-refractivity contribution in [1.29, 1.82) is 0 Å². The van der Waals surface area contributed by atoms with E-state index in [1.807, 2.05) is 0 Å². The van der Waals surface area contributed by atoms with Gasteiger partial charge in [-0.3, -0.25) is 19.1 Å². The third-order valence-corrected chi connectivity index (χ3v) is 8.36. The van der Waals surface area contributed by atoms with E-state index in [4.69, 9.17) is 0 Å². The maximum atomic E-state index is 13.8. The molecule has 1 aromatic heterocycles. The highest BCUT2D eigenvalue weighted by Crippen LogP contribution is 2.66. The normalized spacial score (nSPS) is 28.8. The summed E-state index contributed by atoms with van der Waals surface area (Å²) in [5.74, 6) is -1.56. The number of nitrogens with zero attached hydrogens (tertiary/aromatic N) is 1. The molecule has 0 saturated carbocycles. The molecule has 3 rings (SSSR count). The highest BCUT2D eigenvalue weighted by Gasteiger charge is 2.53. The summed E-state index contributed by atoms with van der Waals surface area (Å²) in [5, 5.41) is 11.4. The molecule has 1 fully saturated rings. The molecule has 0 bridgehead atoms. The van der Waals surface area contributed by atoms with Gasteiger partial charge in [-0.25, -0.2) is 4.79 Å². The van der Waals surface area contributed by atoms with Gasteiger partial charge in [-0.1, -0.05) is 30.3 Å². The Bertz CT molecular complexity index is 990. The molecule has 0 aliphatic carbocycles. The van der Waals surface area contributed by atoms with Gasteiger partial charge in [0, 0.05) is 17.7 Å². The van der Waals surface area contributed by atoms with Crippen molar-refractivity contribution in [2.24, 2.45) is 0 Å². The molecule has 0 unspecified atom stereocenters. The molecule has 8 heteroatoms. The highest BCUT2D eigenvalue weighted by molar-refractivity contribution is 7.72. The van der Waals surface area contributed by atoms with E-state index in [-0.39, 0.29) is 18.1 Å². The molecule has 0 amide bonds. The predicted molar refractivity (Wildman–Crippen MR) is 94.2 cm³/mol. The molecule has 1 aliphatic rings. The lowest BCUT2D eigenvalue weighted by Crippen LogP contribution is -2.41. The van der Waals surface area contributed by atoms with Crippen LogP contribution in [0.1, 0.15) is 36.4 Å². The molecule has 2 N–H and O–H groups in total. The Hall–Kier alpha value is -2.24. The number of H-pyrrole nitrogens is 1. The van der Waals surface area contributed by atoms with Gasteiger partial charge in [0.05, 0.1) is 11.2 Å². The van der Waals surface area contributed by atoms with Gasteiger partial charge in [0.1, 0.15) is 12.9 Å². The van der Waals surface area contributed by atoms with Crippen molar-refractivity contribution in [2.75, 3.05) is 6.16 Å². The minimum Gasteiger partial charge on any atom is -0.387 e. The second-order valence-electron chi connectivity index (χ2n) is 6.60. The summed E-state index contributed by atoms with van der Waals surface area (Å²) in [7, 11) is -3.19. The van der Waals surface area contributed by atoms with Crippen molar-refractivity contribution in [3.63, 3.8) is 0 Å². The Labute approximate surface area is 143 Å².